The predicted octanol–water partition coefficient (Wildman–Crippen LogP) is 3.22. The molecule has 0 spiro atoms. The van der Waals surface area contributed by atoms with Crippen LogP contribution in [0, 0.1) is 5.92 Å². The molecule has 1 aromatic rings. The SMILES string of the molecule is O=S(=O)(NCC1CC=CCC1)c1ccc(CBr)cc1. The van der Waals surface area contributed by atoms with E-state index in [2.05, 4.69) is 32.8 Å². The first kappa shape index (κ1) is 14.8. The predicted molar refractivity (Wildman–Crippen MR) is 80.7 cm³/mol. The van der Waals surface area contributed by atoms with Gasteiger partial charge in [-0.1, -0.05) is 40.2 Å². The van der Waals surface area contributed by atoms with Crippen LogP contribution >= 0.6 is 15.9 Å². The first-order valence-corrected chi connectivity index (χ1v) is 9.02. The van der Waals surface area contributed by atoms with Crippen LogP contribution in [0.15, 0.2) is 41.3 Å². The second kappa shape index (κ2) is 6.68. The lowest BCUT2D eigenvalue weighted by Crippen LogP contribution is -2.29. The Hall–Kier alpha value is -0.650. The number of allylic oxidation sites excluding steroid dienone is 2. The van der Waals surface area contributed by atoms with Crippen LogP contribution in [0.2, 0.25) is 0 Å². The molecule has 1 atom stereocenters. The summed E-state index contributed by atoms with van der Waals surface area (Å²) in [5.41, 5.74) is 1.07. The molecule has 0 heterocycles. The highest BCUT2D eigenvalue weighted by atomic mass is 79.9. The Morgan fingerprint density at radius 1 is 1.21 bits per heavy atom. The van der Waals surface area contributed by atoms with E-state index in [1.54, 1.807) is 12.1 Å². The number of sulfonamides is 1. The monoisotopic (exact) mass is 343 g/mol. The molecule has 0 amide bonds. The van der Waals surface area contributed by atoms with Gasteiger partial charge in [-0.2, -0.15) is 0 Å². The number of rotatable bonds is 5. The fourth-order valence-electron chi connectivity index (χ4n) is 2.11. The highest BCUT2D eigenvalue weighted by Crippen LogP contribution is 2.18. The Bertz CT molecular complexity index is 537. The van der Waals surface area contributed by atoms with E-state index in [9.17, 15) is 8.42 Å². The molecule has 1 unspecified atom stereocenters. The van der Waals surface area contributed by atoms with E-state index in [0.717, 1.165) is 30.2 Å². The van der Waals surface area contributed by atoms with Crippen LogP contribution in [0.5, 0.6) is 0 Å². The Kier molecular flexibility index (Phi) is 5.19. The van der Waals surface area contributed by atoms with Gasteiger partial charge in [0, 0.05) is 11.9 Å². The molecule has 0 bridgehead atoms. The van der Waals surface area contributed by atoms with Crippen LogP contribution in [0.25, 0.3) is 0 Å². The fraction of sp³-hybridized carbons (Fsp3) is 0.429. The Morgan fingerprint density at radius 3 is 2.53 bits per heavy atom. The minimum absolute atomic E-state index is 0.337. The van der Waals surface area contributed by atoms with E-state index in [1.165, 1.54) is 0 Å². The molecule has 19 heavy (non-hydrogen) atoms. The van der Waals surface area contributed by atoms with Gasteiger partial charge in [0.2, 0.25) is 10.0 Å². The van der Waals surface area contributed by atoms with Crippen LogP contribution < -0.4 is 4.72 Å². The normalized spacial score (nSPS) is 19.5. The summed E-state index contributed by atoms with van der Waals surface area (Å²) in [6, 6.07) is 6.96. The van der Waals surface area contributed by atoms with Crippen molar-refractivity contribution in [3.8, 4) is 0 Å². The Balaban J connectivity index is 1.98. The minimum Gasteiger partial charge on any atom is -0.211 e. The summed E-state index contributed by atoms with van der Waals surface area (Å²) in [7, 11) is -3.37. The summed E-state index contributed by atoms with van der Waals surface area (Å²) in [5, 5.41) is 0.731. The molecular formula is C14H18BrNO2S. The molecule has 5 heteroatoms. The maximum Gasteiger partial charge on any atom is 0.240 e. The van der Waals surface area contributed by atoms with E-state index >= 15 is 0 Å². The van der Waals surface area contributed by atoms with Crippen molar-refractivity contribution in [1.82, 2.24) is 4.72 Å². The van der Waals surface area contributed by atoms with E-state index in [0.29, 0.717) is 17.4 Å². The smallest absolute Gasteiger partial charge is 0.211 e. The molecule has 0 radical (unpaired) electrons. The minimum atomic E-state index is -3.37. The lowest BCUT2D eigenvalue weighted by atomic mass is 9.95. The summed E-state index contributed by atoms with van der Waals surface area (Å²) in [6.45, 7) is 0.521. The van der Waals surface area contributed by atoms with E-state index in [4.69, 9.17) is 0 Å². The van der Waals surface area contributed by atoms with Crippen molar-refractivity contribution in [2.45, 2.75) is 29.5 Å². The van der Waals surface area contributed by atoms with Crippen molar-refractivity contribution >= 4 is 26.0 Å². The van der Waals surface area contributed by atoms with Gasteiger partial charge in [-0.15, -0.1) is 0 Å². The zero-order chi connectivity index (χ0) is 13.7. The highest BCUT2D eigenvalue weighted by molar-refractivity contribution is 9.08. The van der Waals surface area contributed by atoms with Gasteiger partial charge in [-0.05, 0) is 42.9 Å². The standard InChI is InChI=1S/C14H18BrNO2S/c15-10-12-6-8-14(9-7-12)19(17,18)16-11-13-4-2-1-3-5-13/h1-2,6-9,13,16H,3-5,10-11H2. The van der Waals surface area contributed by atoms with Crippen molar-refractivity contribution in [3.63, 3.8) is 0 Å². The largest absolute Gasteiger partial charge is 0.240 e. The molecule has 0 aromatic heterocycles. The molecule has 0 fully saturated rings. The number of hydrogen-bond donors (Lipinski definition) is 1. The second-order valence-corrected chi connectivity index (χ2v) is 7.11. The third-order valence-corrected chi connectivity index (χ3v) is 5.41. The molecular weight excluding hydrogens is 326 g/mol. The number of nitrogens with one attached hydrogen (secondary N) is 1. The van der Waals surface area contributed by atoms with E-state index < -0.39 is 10.0 Å². The van der Waals surface area contributed by atoms with Gasteiger partial charge in [-0.3, -0.25) is 0 Å². The van der Waals surface area contributed by atoms with Crippen molar-refractivity contribution in [2.75, 3.05) is 6.54 Å². The topological polar surface area (TPSA) is 46.2 Å². The van der Waals surface area contributed by atoms with E-state index in [-0.39, 0.29) is 0 Å². The molecule has 1 aliphatic rings. The quantitative estimate of drug-likeness (QED) is 0.659. The first-order chi connectivity index (χ1) is 9.12. The second-order valence-electron chi connectivity index (χ2n) is 4.78. The van der Waals surface area contributed by atoms with Crippen LogP contribution in [-0.2, 0) is 15.4 Å². The van der Waals surface area contributed by atoms with Gasteiger partial charge in [0.1, 0.15) is 0 Å². The van der Waals surface area contributed by atoms with Gasteiger partial charge < -0.3 is 0 Å². The summed E-state index contributed by atoms with van der Waals surface area (Å²) >= 11 is 3.34. The van der Waals surface area contributed by atoms with Crippen molar-refractivity contribution in [1.29, 1.82) is 0 Å². The molecule has 1 aromatic carbocycles. The van der Waals surface area contributed by atoms with Crippen molar-refractivity contribution in [2.24, 2.45) is 5.92 Å². The van der Waals surface area contributed by atoms with Gasteiger partial charge in [0.15, 0.2) is 0 Å². The Labute approximate surface area is 123 Å². The number of hydrogen-bond acceptors (Lipinski definition) is 2. The van der Waals surface area contributed by atoms with Gasteiger partial charge in [-0.25, -0.2) is 13.1 Å². The lowest BCUT2D eigenvalue weighted by molar-refractivity contribution is 0.468. The maximum absolute atomic E-state index is 12.1. The van der Waals surface area contributed by atoms with Gasteiger partial charge in [0.05, 0.1) is 4.90 Å². The van der Waals surface area contributed by atoms with Crippen LogP contribution in [0.3, 0.4) is 0 Å². The maximum atomic E-state index is 12.1. The summed E-state index contributed by atoms with van der Waals surface area (Å²) in [4.78, 5) is 0.337. The zero-order valence-electron chi connectivity index (χ0n) is 10.7. The molecule has 1 aliphatic carbocycles. The molecule has 104 valence electrons. The number of alkyl halides is 1. The van der Waals surface area contributed by atoms with E-state index in [1.807, 2.05) is 12.1 Å². The van der Waals surface area contributed by atoms with Gasteiger partial charge >= 0.3 is 0 Å². The van der Waals surface area contributed by atoms with Crippen LogP contribution in [-0.4, -0.2) is 15.0 Å². The molecule has 2 rings (SSSR count). The fourth-order valence-corrected chi connectivity index (χ4v) is 3.60. The third kappa shape index (κ3) is 4.16. The average Bonchev–Trinajstić information content (AvgIpc) is 2.46. The summed E-state index contributed by atoms with van der Waals surface area (Å²) in [5.74, 6) is 0.418. The molecule has 0 saturated carbocycles. The lowest BCUT2D eigenvalue weighted by Gasteiger charge is -2.18. The number of benzene rings is 1. The summed E-state index contributed by atoms with van der Waals surface area (Å²) < 4.78 is 27.0. The van der Waals surface area contributed by atoms with Gasteiger partial charge in [0.25, 0.3) is 0 Å². The van der Waals surface area contributed by atoms with Crippen LogP contribution in [0.4, 0.5) is 0 Å². The van der Waals surface area contributed by atoms with Crippen LogP contribution in [0.1, 0.15) is 24.8 Å². The van der Waals surface area contributed by atoms with Crippen molar-refractivity contribution in [3.05, 3.63) is 42.0 Å². The molecule has 0 saturated heterocycles. The van der Waals surface area contributed by atoms with Crippen molar-refractivity contribution < 1.29 is 8.42 Å². The molecule has 1 N–H and O–H groups in total. The number of halogens is 1. The molecule has 3 nitrogen and oxygen atoms in total. The average molecular weight is 344 g/mol. The Morgan fingerprint density at radius 2 is 1.95 bits per heavy atom. The zero-order valence-corrected chi connectivity index (χ0v) is 13.1. The third-order valence-electron chi connectivity index (χ3n) is 3.33. The molecule has 0 aliphatic heterocycles. The summed E-state index contributed by atoms with van der Waals surface area (Å²) in [6.07, 6.45) is 7.36. The first-order valence-electron chi connectivity index (χ1n) is 6.41. The highest BCUT2D eigenvalue weighted by Gasteiger charge is 2.17.